The predicted octanol–water partition coefficient (Wildman–Crippen LogP) is 8.34. The van der Waals surface area contributed by atoms with Crippen molar-refractivity contribution in [2.75, 3.05) is 36.8 Å². The maximum absolute atomic E-state index is 13.4. The first-order valence-corrected chi connectivity index (χ1v) is 18.3. The standard InChI is InChI=1S/C45H43N5O6/c51-43(47-36-18-22-40(23-19-36)55-38-13-3-1-4-14-38)32-50(33-44(52)48-37-20-24-41(25-21-37)56-39-15-5-2-6-16-39)28-10-27-49(30-34-11-9-26-46-29-34)31-35-12-7-8-17-42(35)45(53)54/h1-9,11-26,29H,10,27-28,30-33H2,(H,47,51)(H,48,52)(H,53,54). The summed E-state index contributed by atoms with van der Waals surface area (Å²) in [6.07, 6.45) is 4.09. The third kappa shape index (κ3) is 12.4. The number of carboxylic acids is 1. The number of pyridine rings is 1. The zero-order valence-electron chi connectivity index (χ0n) is 30.8. The van der Waals surface area contributed by atoms with Gasteiger partial charge in [0, 0.05) is 49.9 Å². The minimum Gasteiger partial charge on any atom is -0.478 e. The number of carbonyl (C=O) groups is 3. The Morgan fingerprint density at radius 2 is 1.05 bits per heavy atom. The second-order valence-corrected chi connectivity index (χ2v) is 13.1. The summed E-state index contributed by atoms with van der Waals surface area (Å²) in [6, 6.07) is 43.9. The number of rotatable bonds is 19. The van der Waals surface area contributed by atoms with E-state index in [0.29, 0.717) is 72.5 Å². The van der Waals surface area contributed by atoms with Crippen molar-refractivity contribution in [2.24, 2.45) is 0 Å². The van der Waals surface area contributed by atoms with Crippen LogP contribution >= 0.6 is 0 Å². The fourth-order valence-corrected chi connectivity index (χ4v) is 6.07. The molecule has 0 aliphatic heterocycles. The molecule has 56 heavy (non-hydrogen) atoms. The van der Waals surface area contributed by atoms with Crippen LogP contribution in [-0.2, 0) is 22.7 Å². The molecule has 6 aromatic rings. The Kier molecular flexibility index (Phi) is 13.9. The van der Waals surface area contributed by atoms with Gasteiger partial charge in [-0.25, -0.2) is 4.79 Å². The van der Waals surface area contributed by atoms with E-state index in [1.807, 2.05) is 84.9 Å². The van der Waals surface area contributed by atoms with Crippen LogP contribution in [0.15, 0.2) is 158 Å². The number of hydrogen-bond acceptors (Lipinski definition) is 8. The van der Waals surface area contributed by atoms with Crippen LogP contribution in [0.4, 0.5) is 11.4 Å². The van der Waals surface area contributed by atoms with Crippen LogP contribution in [0.2, 0.25) is 0 Å². The van der Waals surface area contributed by atoms with Gasteiger partial charge in [0.25, 0.3) is 0 Å². The van der Waals surface area contributed by atoms with Crippen molar-refractivity contribution in [2.45, 2.75) is 19.5 Å². The van der Waals surface area contributed by atoms with E-state index in [1.165, 1.54) is 0 Å². The average Bonchev–Trinajstić information content (AvgIpc) is 3.20. The largest absolute Gasteiger partial charge is 0.478 e. The van der Waals surface area contributed by atoms with E-state index in [-0.39, 0.29) is 30.5 Å². The third-order valence-electron chi connectivity index (χ3n) is 8.69. The Morgan fingerprint density at radius 3 is 1.57 bits per heavy atom. The second-order valence-electron chi connectivity index (χ2n) is 13.1. The minimum atomic E-state index is -0.984. The van der Waals surface area contributed by atoms with E-state index in [0.717, 1.165) is 5.56 Å². The summed E-state index contributed by atoms with van der Waals surface area (Å²) in [7, 11) is 0. The Bertz CT molecular complexity index is 2050. The van der Waals surface area contributed by atoms with E-state index < -0.39 is 5.97 Å². The van der Waals surface area contributed by atoms with Crippen molar-refractivity contribution in [3.63, 3.8) is 0 Å². The maximum Gasteiger partial charge on any atom is 0.336 e. The van der Waals surface area contributed by atoms with E-state index in [9.17, 15) is 19.5 Å². The molecule has 5 aromatic carbocycles. The number of aromatic nitrogens is 1. The predicted molar refractivity (Wildman–Crippen MR) is 216 cm³/mol. The summed E-state index contributed by atoms with van der Waals surface area (Å²) in [6.45, 7) is 1.84. The minimum absolute atomic E-state index is 0.0377. The highest BCUT2D eigenvalue weighted by molar-refractivity contribution is 5.94. The molecular weight excluding hydrogens is 707 g/mol. The zero-order valence-corrected chi connectivity index (χ0v) is 30.8. The molecule has 3 N–H and O–H groups in total. The van der Waals surface area contributed by atoms with Crippen molar-refractivity contribution in [1.82, 2.24) is 14.8 Å². The molecule has 0 spiro atoms. The molecule has 2 amide bonds. The van der Waals surface area contributed by atoms with Gasteiger partial charge in [-0.2, -0.15) is 0 Å². The highest BCUT2D eigenvalue weighted by atomic mass is 16.5. The fourth-order valence-electron chi connectivity index (χ4n) is 6.07. The Hall–Kier alpha value is -6.82. The number of benzene rings is 5. The van der Waals surface area contributed by atoms with E-state index in [1.54, 1.807) is 78.0 Å². The third-order valence-corrected chi connectivity index (χ3v) is 8.69. The molecule has 0 fully saturated rings. The highest BCUT2D eigenvalue weighted by Gasteiger charge is 2.18. The van der Waals surface area contributed by atoms with Gasteiger partial charge in [0.15, 0.2) is 0 Å². The van der Waals surface area contributed by atoms with Gasteiger partial charge in [-0.3, -0.25) is 24.4 Å². The lowest BCUT2D eigenvalue weighted by molar-refractivity contribution is -0.120. The summed E-state index contributed by atoms with van der Waals surface area (Å²) < 4.78 is 11.8. The molecule has 0 aliphatic rings. The average molecular weight is 750 g/mol. The molecule has 6 rings (SSSR count). The van der Waals surface area contributed by atoms with Gasteiger partial charge in [0.05, 0.1) is 18.7 Å². The van der Waals surface area contributed by atoms with Crippen LogP contribution in [0.3, 0.4) is 0 Å². The lowest BCUT2D eigenvalue weighted by Crippen LogP contribution is -2.40. The first-order valence-electron chi connectivity index (χ1n) is 18.3. The van der Waals surface area contributed by atoms with Crippen molar-refractivity contribution in [3.05, 3.63) is 175 Å². The molecular formula is C45H43N5O6. The van der Waals surface area contributed by atoms with Crippen LogP contribution in [0.25, 0.3) is 0 Å². The number of ether oxygens (including phenoxy) is 2. The van der Waals surface area contributed by atoms with Gasteiger partial charge < -0.3 is 25.2 Å². The molecule has 11 nitrogen and oxygen atoms in total. The Morgan fingerprint density at radius 1 is 0.554 bits per heavy atom. The number of para-hydroxylation sites is 2. The number of amides is 2. The zero-order chi connectivity index (χ0) is 39.0. The Labute approximate surface area is 326 Å². The van der Waals surface area contributed by atoms with Gasteiger partial charge in [-0.05, 0) is 102 Å². The lowest BCUT2D eigenvalue weighted by atomic mass is 10.1. The van der Waals surface area contributed by atoms with Crippen LogP contribution in [0, 0.1) is 0 Å². The van der Waals surface area contributed by atoms with Crippen LogP contribution in [0.1, 0.15) is 27.9 Å². The van der Waals surface area contributed by atoms with Gasteiger partial charge in [0.1, 0.15) is 23.0 Å². The number of nitrogens with one attached hydrogen (secondary N) is 2. The number of nitrogens with zero attached hydrogens (tertiary/aromatic N) is 3. The number of aromatic carboxylic acids is 1. The van der Waals surface area contributed by atoms with E-state index in [2.05, 4.69) is 20.5 Å². The number of anilines is 2. The van der Waals surface area contributed by atoms with Crippen LogP contribution in [0.5, 0.6) is 23.0 Å². The van der Waals surface area contributed by atoms with Gasteiger partial charge in [-0.1, -0.05) is 60.7 Å². The summed E-state index contributed by atoms with van der Waals surface area (Å²) in [5, 5.41) is 15.7. The molecule has 1 heterocycles. The molecule has 11 heteroatoms. The van der Waals surface area contributed by atoms with Crippen molar-refractivity contribution in [3.8, 4) is 23.0 Å². The maximum atomic E-state index is 13.4. The highest BCUT2D eigenvalue weighted by Crippen LogP contribution is 2.24. The lowest BCUT2D eigenvalue weighted by Gasteiger charge is -2.26. The smallest absolute Gasteiger partial charge is 0.336 e. The van der Waals surface area contributed by atoms with Crippen LogP contribution < -0.4 is 20.1 Å². The summed E-state index contributed by atoms with van der Waals surface area (Å²) >= 11 is 0. The Balaban J connectivity index is 1.11. The molecule has 0 aliphatic carbocycles. The first-order chi connectivity index (χ1) is 27.4. The summed E-state index contributed by atoms with van der Waals surface area (Å²) in [4.78, 5) is 47.0. The summed E-state index contributed by atoms with van der Waals surface area (Å²) in [5.41, 5.74) is 3.11. The number of carbonyl (C=O) groups excluding carboxylic acids is 2. The monoisotopic (exact) mass is 749 g/mol. The topological polar surface area (TPSA) is 133 Å². The van der Waals surface area contributed by atoms with Gasteiger partial charge >= 0.3 is 5.97 Å². The van der Waals surface area contributed by atoms with Gasteiger partial charge in [-0.15, -0.1) is 0 Å². The second kappa shape index (κ2) is 20.0. The first kappa shape index (κ1) is 38.9. The normalized spacial score (nSPS) is 10.9. The molecule has 0 saturated heterocycles. The van der Waals surface area contributed by atoms with Gasteiger partial charge in [0.2, 0.25) is 11.8 Å². The quantitative estimate of drug-likeness (QED) is 0.0748. The number of carboxylic acid groups (broad SMARTS) is 1. The van der Waals surface area contributed by atoms with Crippen molar-refractivity contribution >= 4 is 29.2 Å². The fraction of sp³-hybridized carbons (Fsp3) is 0.156. The summed E-state index contributed by atoms with van der Waals surface area (Å²) in [5.74, 6) is 1.14. The molecule has 0 atom stereocenters. The SMILES string of the molecule is O=C(CN(CCCN(Cc1cccnc1)Cc1ccccc1C(=O)O)CC(=O)Nc1ccc(Oc2ccccc2)cc1)Nc1ccc(Oc2ccccc2)cc1. The van der Waals surface area contributed by atoms with Crippen molar-refractivity contribution in [1.29, 1.82) is 0 Å². The molecule has 0 radical (unpaired) electrons. The van der Waals surface area contributed by atoms with Crippen molar-refractivity contribution < 1.29 is 29.0 Å². The van der Waals surface area contributed by atoms with E-state index in [4.69, 9.17) is 9.47 Å². The molecule has 0 saturated carbocycles. The molecule has 1 aromatic heterocycles. The molecule has 284 valence electrons. The number of hydrogen-bond donors (Lipinski definition) is 3. The molecule has 0 unspecified atom stereocenters. The van der Waals surface area contributed by atoms with Crippen LogP contribution in [-0.4, -0.2) is 63.9 Å². The molecule has 0 bridgehead atoms. The van der Waals surface area contributed by atoms with E-state index >= 15 is 0 Å².